The highest BCUT2D eigenvalue weighted by molar-refractivity contribution is 4.89. The fourth-order valence-corrected chi connectivity index (χ4v) is 2.14. The third kappa shape index (κ3) is 2.68. The summed E-state index contributed by atoms with van der Waals surface area (Å²) < 4.78 is 0. The van der Waals surface area contributed by atoms with Crippen LogP contribution in [0.3, 0.4) is 0 Å². The zero-order chi connectivity index (χ0) is 9.31. The Morgan fingerprint density at radius 3 is 2.77 bits per heavy atom. The number of nitrogens with one attached hydrogen (secondary N) is 1. The van der Waals surface area contributed by atoms with Gasteiger partial charge in [0.15, 0.2) is 0 Å². The highest BCUT2D eigenvalue weighted by atomic mass is 15.2. The molecule has 1 saturated heterocycles. The van der Waals surface area contributed by atoms with Crippen LogP contribution in [0.4, 0.5) is 0 Å². The second-order valence-electron chi connectivity index (χ2n) is 5.26. The maximum atomic E-state index is 3.67. The predicted octanol–water partition coefficient (Wildman–Crippen LogP) is 1.47. The van der Waals surface area contributed by atoms with Crippen molar-refractivity contribution in [1.82, 2.24) is 10.2 Å². The van der Waals surface area contributed by atoms with Crippen LogP contribution in [0, 0.1) is 5.41 Å². The van der Waals surface area contributed by atoms with Crippen molar-refractivity contribution >= 4 is 0 Å². The zero-order valence-corrected chi connectivity index (χ0v) is 8.97. The van der Waals surface area contributed by atoms with Gasteiger partial charge in [-0.2, -0.15) is 0 Å². The summed E-state index contributed by atoms with van der Waals surface area (Å²) in [7, 11) is 2.21. The first-order chi connectivity index (χ1) is 6.18. The number of hydrogen-bond donors (Lipinski definition) is 1. The van der Waals surface area contributed by atoms with E-state index in [1.165, 1.54) is 45.3 Å². The van der Waals surface area contributed by atoms with Crippen LogP contribution in [0.2, 0.25) is 0 Å². The third-order valence-electron chi connectivity index (χ3n) is 3.66. The molecule has 0 unspecified atom stereocenters. The Morgan fingerprint density at radius 2 is 2.23 bits per heavy atom. The van der Waals surface area contributed by atoms with E-state index in [4.69, 9.17) is 0 Å². The number of nitrogens with zero attached hydrogens (tertiary/aromatic N) is 1. The molecule has 0 aromatic carbocycles. The minimum Gasteiger partial charge on any atom is -0.313 e. The molecule has 2 heteroatoms. The molecule has 0 aromatic heterocycles. The lowest BCUT2D eigenvalue weighted by molar-refractivity contribution is 0.390. The smallest absolute Gasteiger partial charge is 0.0207 e. The van der Waals surface area contributed by atoms with Crippen molar-refractivity contribution in [2.75, 3.05) is 26.7 Å². The molecule has 0 spiro atoms. The van der Waals surface area contributed by atoms with E-state index in [2.05, 4.69) is 24.2 Å². The Morgan fingerprint density at radius 1 is 1.46 bits per heavy atom. The van der Waals surface area contributed by atoms with Crippen molar-refractivity contribution in [3.8, 4) is 0 Å². The average molecular weight is 182 g/mol. The SMILES string of the molecule is CN1CC[C@H](NCCC2(C)CC2)C1. The van der Waals surface area contributed by atoms with E-state index in [0.29, 0.717) is 0 Å². The molecule has 1 aliphatic heterocycles. The van der Waals surface area contributed by atoms with E-state index in [9.17, 15) is 0 Å². The van der Waals surface area contributed by atoms with Gasteiger partial charge in [0, 0.05) is 12.6 Å². The zero-order valence-electron chi connectivity index (χ0n) is 8.97. The number of rotatable bonds is 4. The van der Waals surface area contributed by atoms with E-state index in [1.807, 2.05) is 0 Å². The molecule has 0 bridgehead atoms. The third-order valence-corrected chi connectivity index (χ3v) is 3.66. The van der Waals surface area contributed by atoms with Gasteiger partial charge in [-0.15, -0.1) is 0 Å². The van der Waals surface area contributed by atoms with Crippen molar-refractivity contribution in [2.45, 2.75) is 38.6 Å². The van der Waals surface area contributed by atoms with Gasteiger partial charge in [-0.25, -0.2) is 0 Å². The minimum atomic E-state index is 0.720. The monoisotopic (exact) mass is 182 g/mol. The molecular weight excluding hydrogens is 160 g/mol. The Bertz CT molecular complexity index is 175. The molecule has 76 valence electrons. The van der Waals surface area contributed by atoms with Crippen molar-refractivity contribution < 1.29 is 0 Å². The largest absolute Gasteiger partial charge is 0.313 e. The van der Waals surface area contributed by atoms with E-state index < -0.39 is 0 Å². The lowest BCUT2D eigenvalue weighted by atomic mass is 10.1. The lowest BCUT2D eigenvalue weighted by Crippen LogP contribution is -2.32. The first kappa shape index (κ1) is 9.47. The summed E-state index contributed by atoms with van der Waals surface area (Å²) in [6.07, 6.45) is 5.64. The van der Waals surface area contributed by atoms with Crippen molar-refractivity contribution in [2.24, 2.45) is 5.41 Å². The quantitative estimate of drug-likeness (QED) is 0.708. The van der Waals surface area contributed by atoms with E-state index >= 15 is 0 Å². The summed E-state index contributed by atoms with van der Waals surface area (Å²) >= 11 is 0. The van der Waals surface area contributed by atoms with E-state index in [0.717, 1.165) is 11.5 Å². The predicted molar refractivity (Wildman–Crippen MR) is 55.9 cm³/mol. The molecule has 1 atom stereocenters. The molecule has 1 N–H and O–H groups in total. The summed E-state index contributed by atoms with van der Waals surface area (Å²) in [4.78, 5) is 2.41. The van der Waals surface area contributed by atoms with Crippen LogP contribution >= 0.6 is 0 Å². The summed E-state index contributed by atoms with van der Waals surface area (Å²) in [5.74, 6) is 0. The van der Waals surface area contributed by atoms with Gasteiger partial charge < -0.3 is 10.2 Å². The second kappa shape index (κ2) is 3.58. The van der Waals surface area contributed by atoms with Gasteiger partial charge in [-0.1, -0.05) is 6.92 Å². The van der Waals surface area contributed by atoms with Gasteiger partial charge in [-0.05, 0) is 51.2 Å². The van der Waals surface area contributed by atoms with Crippen LogP contribution in [0.25, 0.3) is 0 Å². The number of likely N-dealkylation sites (tertiary alicyclic amines) is 1. The molecule has 0 amide bonds. The summed E-state index contributed by atoms with van der Waals surface area (Å²) in [5.41, 5.74) is 0.720. The minimum absolute atomic E-state index is 0.720. The van der Waals surface area contributed by atoms with Crippen LogP contribution in [-0.2, 0) is 0 Å². The standard InChI is InChI=1S/C11H22N2/c1-11(4-5-11)6-7-12-10-3-8-13(2)9-10/h10,12H,3-9H2,1-2H3/t10-/m0/s1. The Hall–Kier alpha value is -0.0800. The van der Waals surface area contributed by atoms with Gasteiger partial charge in [0.2, 0.25) is 0 Å². The maximum Gasteiger partial charge on any atom is 0.0207 e. The highest BCUT2D eigenvalue weighted by Gasteiger charge is 2.36. The van der Waals surface area contributed by atoms with Gasteiger partial charge in [0.1, 0.15) is 0 Å². The molecule has 0 radical (unpaired) electrons. The summed E-state index contributed by atoms with van der Waals surface area (Å²) in [6, 6.07) is 0.771. The fourth-order valence-electron chi connectivity index (χ4n) is 2.14. The van der Waals surface area contributed by atoms with Gasteiger partial charge in [0.05, 0.1) is 0 Å². The van der Waals surface area contributed by atoms with Gasteiger partial charge in [0.25, 0.3) is 0 Å². The van der Waals surface area contributed by atoms with Crippen molar-refractivity contribution in [3.05, 3.63) is 0 Å². The first-order valence-corrected chi connectivity index (χ1v) is 5.60. The Balaban J connectivity index is 1.58. The molecule has 1 saturated carbocycles. The van der Waals surface area contributed by atoms with Crippen LogP contribution in [0.5, 0.6) is 0 Å². The molecule has 2 aliphatic rings. The van der Waals surface area contributed by atoms with Crippen LogP contribution in [0.15, 0.2) is 0 Å². The van der Waals surface area contributed by atoms with Crippen LogP contribution < -0.4 is 5.32 Å². The summed E-state index contributed by atoms with van der Waals surface area (Å²) in [5, 5.41) is 3.67. The maximum absolute atomic E-state index is 3.67. The number of likely N-dealkylation sites (N-methyl/N-ethyl adjacent to an activating group) is 1. The van der Waals surface area contributed by atoms with Crippen molar-refractivity contribution in [1.29, 1.82) is 0 Å². The van der Waals surface area contributed by atoms with E-state index in [1.54, 1.807) is 0 Å². The van der Waals surface area contributed by atoms with Crippen molar-refractivity contribution in [3.63, 3.8) is 0 Å². The molecule has 1 aliphatic carbocycles. The normalized spacial score (nSPS) is 32.3. The molecule has 0 aromatic rings. The molecular formula is C11H22N2. The molecule has 2 rings (SSSR count). The fraction of sp³-hybridized carbons (Fsp3) is 1.00. The average Bonchev–Trinajstić information content (AvgIpc) is 2.65. The molecule has 13 heavy (non-hydrogen) atoms. The molecule has 2 fully saturated rings. The van der Waals surface area contributed by atoms with Crippen LogP contribution in [0.1, 0.15) is 32.6 Å². The van der Waals surface area contributed by atoms with Gasteiger partial charge in [-0.3, -0.25) is 0 Å². The van der Waals surface area contributed by atoms with E-state index in [-0.39, 0.29) is 0 Å². The topological polar surface area (TPSA) is 15.3 Å². The number of hydrogen-bond acceptors (Lipinski definition) is 2. The summed E-state index contributed by atoms with van der Waals surface area (Å²) in [6.45, 7) is 6.16. The second-order valence-corrected chi connectivity index (χ2v) is 5.26. The van der Waals surface area contributed by atoms with Gasteiger partial charge >= 0.3 is 0 Å². The highest BCUT2D eigenvalue weighted by Crippen LogP contribution is 2.47. The Labute approximate surface area is 81.7 Å². The first-order valence-electron chi connectivity index (χ1n) is 5.60. The lowest BCUT2D eigenvalue weighted by Gasteiger charge is -2.14. The molecule has 1 heterocycles. The molecule has 2 nitrogen and oxygen atoms in total. The Kier molecular flexibility index (Phi) is 2.61. The van der Waals surface area contributed by atoms with Crippen LogP contribution in [-0.4, -0.2) is 37.6 Å².